The zero-order chi connectivity index (χ0) is 14.4. The molecule has 0 saturated heterocycles. The van der Waals surface area contributed by atoms with E-state index >= 15 is 0 Å². The van der Waals surface area contributed by atoms with Crippen molar-refractivity contribution in [3.63, 3.8) is 0 Å². The van der Waals surface area contributed by atoms with Gasteiger partial charge in [-0.1, -0.05) is 36.4 Å². The highest BCUT2D eigenvalue weighted by Crippen LogP contribution is 2.26. The Labute approximate surface area is 122 Å². The number of benzene rings is 2. The van der Waals surface area contributed by atoms with Crippen molar-refractivity contribution >= 4 is 11.8 Å². The van der Waals surface area contributed by atoms with Gasteiger partial charge in [0.15, 0.2) is 0 Å². The molecule has 1 unspecified atom stereocenters. The quantitative estimate of drug-likeness (QED) is 0.853. The van der Waals surface area contributed by atoms with E-state index in [4.69, 9.17) is 5.73 Å². The molecule has 2 rings (SSSR count). The van der Waals surface area contributed by atoms with E-state index in [1.165, 1.54) is 23.9 Å². The van der Waals surface area contributed by atoms with Gasteiger partial charge in [0.05, 0.1) is 6.07 Å². The molecule has 0 heterocycles. The highest BCUT2D eigenvalue weighted by molar-refractivity contribution is 7.99. The van der Waals surface area contributed by atoms with Gasteiger partial charge in [0.25, 0.3) is 0 Å². The zero-order valence-corrected chi connectivity index (χ0v) is 11.7. The average molecular weight is 286 g/mol. The first kappa shape index (κ1) is 14.6. The van der Waals surface area contributed by atoms with Gasteiger partial charge in [0.1, 0.15) is 11.4 Å². The minimum Gasteiger partial charge on any atom is -0.310 e. The predicted molar refractivity (Wildman–Crippen MR) is 79.7 cm³/mol. The Hall–Kier alpha value is -1.83. The average Bonchev–Trinajstić information content (AvgIpc) is 2.48. The lowest BCUT2D eigenvalue weighted by molar-refractivity contribution is 0.560. The van der Waals surface area contributed by atoms with Gasteiger partial charge >= 0.3 is 0 Å². The lowest BCUT2D eigenvalue weighted by atomic mass is 9.90. The maximum Gasteiger partial charge on any atom is 0.130 e. The van der Waals surface area contributed by atoms with Crippen LogP contribution in [0.5, 0.6) is 0 Å². The summed E-state index contributed by atoms with van der Waals surface area (Å²) >= 11 is 1.50. The zero-order valence-electron chi connectivity index (χ0n) is 10.9. The van der Waals surface area contributed by atoms with Crippen LogP contribution in [0.2, 0.25) is 0 Å². The van der Waals surface area contributed by atoms with Crippen LogP contribution < -0.4 is 5.73 Å². The van der Waals surface area contributed by atoms with Gasteiger partial charge in [0.2, 0.25) is 0 Å². The van der Waals surface area contributed by atoms with Gasteiger partial charge in [-0.3, -0.25) is 0 Å². The Balaban J connectivity index is 2.00. The van der Waals surface area contributed by atoms with Crippen LogP contribution in [0, 0.1) is 17.1 Å². The second-order valence-electron chi connectivity index (χ2n) is 4.51. The van der Waals surface area contributed by atoms with Crippen LogP contribution in [0.1, 0.15) is 12.0 Å². The van der Waals surface area contributed by atoms with Crippen molar-refractivity contribution in [3.8, 4) is 6.07 Å². The topological polar surface area (TPSA) is 49.8 Å². The van der Waals surface area contributed by atoms with E-state index in [9.17, 15) is 9.65 Å². The number of nitrogens with zero attached hydrogens (tertiary/aromatic N) is 1. The molecular formula is C16H15FN2S. The van der Waals surface area contributed by atoms with Gasteiger partial charge in [-0.15, -0.1) is 11.8 Å². The van der Waals surface area contributed by atoms with Gasteiger partial charge in [-0.25, -0.2) is 4.39 Å². The summed E-state index contributed by atoms with van der Waals surface area (Å²) in [6.45, 7) is 0. The minimum absolute atomic E-state index is 0.252. The van der Waals surface area contributed by atoms with Crippen LogP contribution in [0.25, 0.3) is 0 Å². The number of hydrogen-bond donors (Lipinski definition) is 1. The van der Waals surface area contributed by atoms with Crippen molar-refractivity contribution in [2.24, 2.45) is 5.73 Å². The predicted octanol–water partition coefficient (Wildman–Crippen LogP) is 3.69. The minimum atomic E-state index is -0.998. The SMILES string of the molecule is N#CC(N)(CCSc1cccc(F)c1)c1ccccc1. The Bertz CT molecular complexity index is 609. The summed E-state index contributed by atoms with van der Waals surface area (Å²) in [5, 5.41) is 9.34. The Morgan fingerprint density at radius 3 is 2.55 bits per heavy atom. The Morgan fingerprint density at radius 1 is 1.15 bits per heavy atom. The molecule has 0 bridgehead atoms. The van der Waals surface area contributed by atoms with Crippen LogP contribution in [0.4, 0.5) is 4.39 Å². The molecular weight excluding hydrogens is 271 g/mol. The van der Waals surface area contributed by atoms with Crippen molar-refractivity contribution in [2.75, 3.05) is 5.75 Å². The van der Waals surface area contributed by atoms with E-state index < -0.39 is 5.54 Å². The fourth-order valence-electron chi connectivity index (χ4n) is 1.89. The summed E-state index contributed by atoms with van der Waals surface area (Å²) in [6, 6.07) is 17.9. The third kappa shape index (κ3) is 3.60. The van der Waals surface area contributed by atoms with Crippen molar-refractivity contribution in [2.45, 2.75) is 16.9 Å². The molecule has 102 valence electrons. The largest absolute Gasteiger partial charge is 0.310 e. The van der Waals surface area contributed by atoms with Gasteiger partial charge < -0.3 is 5.73 Å². The van der Waals surface area contributed by atoms with E-state index in [0.717, 1.165) is 10.5 Å². The monoisotopic (exact) mass is 286 g/mol. The maximum atomic E-state index is 13.1. The highest BCUT2D eigenvalue weighted by Gasteiger charge is 2.26. The van der Waals surface area contributed by atoms with Crippen LogP contribution in [0.3, 0.4) is 0 Å². The number of halogens is 1. The summed E-state index contributed by atoms with van der Waals surface area (Å²) in [5.74, 6) is 0.403. The molecule has 0 aliphatic rings. The molecule has 0 spiro atoms. The fraction of sp³-hybridized carbons (Fsp3) is 0.188. The van der Waals surface area contributed by atoms with Crippen molar-refractivity contribution in [1.29, 1.82) is 5.26 Å². The van der Waals surface area contributed by atoms with Gasteiger partial charge in [-0.2, -0.15) is 5.26 Å². The number of hydrogen-bond acceptors (Lipinski definition) is 3. The molecule has 0 radical (unpaired) electrons. The van der Waals surface area contributed by atoms with Crippen LogP contribution in [-0.4, -0.2) is 5.75 Å². The Kier molecular flexibility index (Phi) is 4.78. The lowest BCUT2D eigenvalue weighted by Crippen LogP contribution is -2.35. The molecule has 2 nitrogen and oxygen atoms in total. The van der Waals surface area contributed by atoms with Gasteiger partial charge in [-0.05, 0) is 30.2 Å². The lowest BCUT2D eigenvalue weighted by Gasteiger charge is -2.21. The standard InChI is InChI=1S/C16H15FN2S/c17-14-7-4-8-15(11-14)20-10-9-16(19,12-18)13-5-2-1-3-6-13/h1-8,11H,9-10,19H2. The summed E-state index contributed by atoms with van der Waals surface area (Å²) in [6.07, 6.45) is 0.509. The summed E-state index contributed by atoms with van der Waals surface area (Å²) < 4.78 is 13.1. The first-order valence-corrected chi connectivity index (χ1v) is 7.27. The first-order valence-electron chi connectivity index (χ1n) is 6.28. The normalized spacial score (nSPS) is 13.4. The molecule has 1 atom stereocenters. The van der Waals surface area contributed by atoms with E-state index in [1.807, 2.05) is 36.4 Å². The van der Waals surface area contributed by atoms with Crippen LogP contribution in [0.15, 0.2) is 59.5 Å². The van der Waals surface area contributed by atoms with Crippen molar-refractivity contribution in [1.82, 2.24) is 0 Å². The molecule has 2 N–H and O–H groups in total. The van der Waals surface area contributed by atoms with Crippen LogP contribution >= 0.6 is 11.8 Å². The van der Waals surface area contributed by atoms with E-state index in [0.29, 0.717) is 12.2 Å². The first-order chi connectivity index (χ1) is 9.64. The van der Waals surface area contributed by atoms with E-state index in [2.05, 4.69) is 6.07 Å². The molecule has 0 fully saturated rings. The third-order valence-corrected chi connectivity index (χ3v) is 4.05. The molecule has 2 aromatic carbocycles. The smallest absolute Gasteiger partial charge is 0.130 e. The molecule has 4 heteroatoms. The Morgan fingerprint density at radius 2 is 1.90 bits per heavy atom. The number of thioether (sulfide) groups is 1. The second-order valence-corrected chi connectivity index (χ2v) is 5.67. The molecule has 0 amide bonds. The number of rotatable bonds is 5. The molecule has 0 aliphatic carbocycles. The summed E-state index contributed by atoms with van der Waals surface area (Å²) in [4.78, 5) is 0.846. The third-order valence-electron chi connectivity index (χ3n) is 3.05. The number of nitrogens with two attached hydrogens (primary N) is 1. The van der Waals surface area contributed by atoms with Gasteiger partial charge in [0, 0.05) is 10.6 Å². The molecule has 2 aromatic rings. The molecule has 0 saturated carbocycles. The fourth-order valence-corrected chi connectivity index (χ4v) is 2.92. The van der Waals surface area contributed by atoms with Crippen LogP contribution in [-0.2, 0) is 5.54 Å². The second kappa shape index (κ2) is 6.56. The molecule has 0 aliphatic heterocycles. The summed E-state index contributed by atoms with van der Waals surface area (Å²) in [7, 11) is 0. The summed E-state index contributed by atoms with van der Waals surface area (Å²) in [5.41, 5.74) is 5.97. The molecule has 0 aromatic heterocycles. The number of nitriles is 1. The highest BCUT2D eigenvalue weighted by atomic mass is 32.2. The molecule has 20 heavy (non-hydrogen) atoms. The maximum absolute atomic E-state index is 13.1. The van der Waals surface area contributed by atoms with Crippen molar-refractivity contribution in [3.05, 3.63) is 66.0 Å². The van der Waals surface area contributed by atoms with E-state index in [1.54, 1.807) is 6.07 Å². The van der Waals surface area contributed by atoms with Crippen molar-refractivity contribution < 1.29 is 4.39 Å². The van der Waals surface area contributed by atoms with E-state index in [-0.39, 0.29) is 5.82 Å².